The molecule has 0 aromatic carbocycles. The number of nitrogens with one attached hydrogen (secondary N) is 1. The van der Waals surface area contributed by atoms with E-state index in [2.05, 4.69) is 56.1 Å². The number of hydrogen-bond acceptors (Lipinski definition) is 2. The molecule has 0 amide bonds. The zero-order valence-corrected chi connectivity index (χ0v) is 10.2. The molecule has 0 saturated carbocycles. The first-order valence-corrected chi connectivity index (χ1v) is 5.91. The second-order valence-electron chi connectivity index (χ2n) is 5.65. The van der Waals surface area contributed by atoms with Gasteiger partial charge in [0, 0.05) is 18.1 Å². The van der Waals surface area contributed by atoms with Gasteiger partial charge in [0.1, 0.15) is 5.82 Å². The summed E-state index contributed by atoms with van der Waals surface area (Å²) in [6.07, 6.45) is 7.85. The van der Waals surface area contributed by atoms with Crippen LogP contribution in [-0.4, -0.2) is 23.0 Å². The van der Waals surface area contributed by atoms with Crippen LogP contribution in [0.2, 0.25) is 0 Å². The van der Waals surface area contributed by atoms with E-state index in [0.29, 0.717) is 6.04 Å². The number of nitrogens with zero attached hydrogens (tertiary/aromatic N) is 1. The molecule has 1 saturated heterocycles. The molecular weight excluding hydrogens is 184 g/mol. The van der Waals surface area contributed by atoms with Crippen molar-refractivity contribution in [1.82, 2.24) is 10.2 Å². The molecule has 1 N–H and O–H groups in total. The highest BCUT2D eigenvalue weighted by atomic mass is 15.3. The Kier molecular flexibility index (Phi) is 2.53. The molecule has 1 unspecified atom stereocenters. The Balaban J connectivity index is 2.26. The Labute approximate surface area is 93.0 Å². The highest BCUT2D eigenvalue weighted by molar-refractivity contribution is 5.21. The fourth-order valence-corrected chi connectivity index (χ4v) is 2.77. The van der Waals surface area contributed by atoms with Crippen LogP contribution < -0.4 is 5.32 Å². The van der Waals surface area contributed by atoms with Crippen LogP contribution in [-0.2, 0) is 0 Å². The van der Waals surface area contributed by atoms with Gasteiger partial charge >= 0.3 is 0 Å². The van der Waals surface area contributed by atoms with Crippen molar-refractivity contribution < 1.29 is 0 Å². The summed E-state index contributed by atoms with van der Waals surface area (Å²) in [4.78, 5) is 2.47. The highest BCUT2D eigenvalue weighted by Gasteiger charge is 2.31. The van der Waals surface area contributed by atoms with Gasteiger partial charge in [-0.15, -0.1) is 0 Å². The van der Waals surface area contributed by atoms with Crippen molar-refractivity contribution in [2.75, 3.05) is 6.54 Å². The van der Waals surface area contributed by atoms with E-state index in [0.717, 1.165) is 12.5 Å². The first-order chi connectivity index (χ1) is 6.98. The van der Waals surface area contributed by atoms with Crippen molar-refractivity contribution in [3.8, 4) is 0 Å². The van der Waals surface area contributed by atoms with Crippen LogP contribution in [0.4, 0.5) is 0 Å². The summed E-state index contributed by atoms with van der Waals surface area (Å²) < 4.78 is 0. The Hall–Kier alpha value is -0.920. The van der Waals surface area contributed by atoms with Crippen LogP contribution in [0.15, 0.2) is 24.0 Å². The van der Waals surface area contributed by atoms with Gasteiger partial charge in [0.15, 0.2) is 0 Å². The molecular formula is C13H22N2. The van der Waals surface area contributed by atoms with Crippen LogP contribution >= 0.6 is 0 Å². The summed E-state index contributed by atoms with van der Waals surface area (Å²) in [6, 6.07) is 0.522. The minimum absolute atomic E-state index is 0.213. The molecule has 2 nitrogen and oxygen atoms in total. The first kappa shape index (κ1) is 10.6. The standard InChI is InChI=1S/C13H22N2/c1-10-8-13(3,4)14-12-7-5-6-11(2)15(12)9-10/h5-7,10-11,14H,8-9H2,1-4H3/t10?,11-/m1/s1. The van der Waals surface area contributed by atoms with Crippen LogP contribution in [0.3, 0.4) is 0 Å². The molecule has 0 aliphatic carbocycles. The van der Waals surface area contributed by atoms with E-state index >= 15 is 0 Å². The molecule has 0 bridgehead atoms. The maximum absolute atomic E-state index is 3.65. The van der Waals surface area contributed by atoms with E-state index in [9.17, 15) is 0 Å². The van der Waals surface area contributed by atoms with Gasteiger partial charge in [-0.05, 0) is 39.2 Å². The average molecular weight is 206 g/mol. The van der Waals surface area contributed by atoms with Gasteiger partial charge in [-0.25, -0.2) is 0 Å². The molecule has 15 heavy (non-hydrogen) atoms. The van der Waals surface area contributed by atoms with E-state index < -0.39 is 0 Å². The highest BCUT2D eigenvalue weighted by Crippen LogP contribution is 2.27. The maximum Gasteiger partial charge on any atom is 0.102 e. The molecule has 0 aromatic heterocycles. The Morgan fingerprint density at radius 1 is 1.40 bits per heavy atom. The Morgan fingerprint density at radius 3 is 2.87 bits per heavy atom. The summed E-state index contributed by atoms with van der Waals surface area (Å²) in [6.45, 7) is 10.3. The predicted molar refractivity (Wildman–Crippen MR) is 64.4 cm³/mol. The van der Waals surface area contributed by atoms with Gasteiger partial charge in [-0.2, -0.15) is 0 Å². The summed E-state index contributed by atoms with van der Waals surface area (Å²) in [7, 11) is 0. The summed E-state index contributed by atoms with van der Waals surface area (Å²) in [5.74, 6) is 2.03. The molecule has 84 valence electrons. The summed E-state index contributed by atoms with van der Waals surface area (Å²) in [5.41, 5.74) is 0.213. The Bertz CT molecular complexity index is 302. The lowest BCUT2D eigenvalue weighted by atomic mass is 9.92. The van der Waals surface area contributed by atoms with Gasteiger partial charge < -0.3 is 10.2 Å². The van der Waals surface area contributed by atoms with E-state index in [1.165, 1.54) is 12.2 Å². The molecule has 2 heteroatoms. The lowest BCUT2D eigenvalue weighted by Crippen LogP contribution is -2.43. The second-order valence-corrected chi connectivity index (χ2v) is 5.65. The molecule has 2 aliphatic rings. The van der Waals surface area contributed by atoms with Gasteiger partial charge in [0.2, 0.25) is 0 Å². The first-order valence-electron chi connectivity index (χ1n) is 5.91. The van der Waals surface area contributed by atoms with Crippen molar-refractivity contribution in [1.29, 1.82) is 0 Å². The van der Waals surface area contributed by atoms with Crippen molar-refractivity contribution in [3.63, 3.8) is 0 Å². The molecule has 0 radical (unpaired) electrons. The second kappa shape index (κ2) is 3.58. The maximum atomic E-state index is 3.65. The van der Waals surface area contributed by atoms with Crippen molar-refractivity contribution in [3.05, 3.63) is 24.0 Å². The number of rotatable bonds is 0. The van der Waals surface area contributed by atoms with Crippen molar-refractivity contribution in [2.45, 2.75) is 45.7 Å². The minimum atomic E-state index is 0.213. The van der Waals surface area contributed by atoms with Crippen LogP contribution in [0.25, 0.3) is 0 Å². The van der Waals surface area contributed by atoms with E-state index in [-0.39, 0.29) is 5.54 Å². The molecule has 2 rings (SSSR count). The normalized spacial score (nSPS) is 33.9. The van der Waals surface area contributed by atoms with E-state index in [4.69, 9.17) is 0 Å². The van der Waals surface area contributed by atoms with Gasteiger partial charge in [0.05, 0.1) is 0 Å². The predicted octanol–water partition coefficient (Wildman–Crippen LogP) is 2.50. The van der Waals surface area contributed by atoms with Crippen LogP contribution in [0.5, 0.6) is 0 Å². The van der Waals surface area contributed by atoms with Gasteiger partial charge in [-0.3, -0.25) is 0 Å². The number of fused-ring (bicyclic) bond motifs is 1. The topological polar surface area (TPSA) is 15.3 Å². The monoisotopic (exact) mass is 206 g/mol. The molecule has 2 atom stereocenters. The smallest absolute Gasteiger partial charge is 0.102 e. The van der Waals surface area contributed by atoms with E-state index in [1.54, 1.807) is 0 Å². The van der Waals surface area contributed by atoms with Gasteiger partial charge in [0.25, 0.3) is 0 Å². The molecule has 0 aromatic rings. The lowest BCUT2D eigenvalue weighted by Gasteiger charge is -2.35. The largest absolute Gasteiger partial charge is 0.367 e. The fourth-order valence-electron chi connectivity index (χ4n) is 2.77. The molecule has 1 fully saturated rings. The van der Waals surface area contributed by atoms with Crippen LogP contribution in [0, 0.1) is 5.92 Å². The van der Waals surface area contributed by atoms with Gasteiger partial charge in [-0.1, -0.05) is 19.1 Å². The third-order valence-corrected chi connectivity index (χ3v) is 3.28. The average Bonchev–Trinajstić information content (AvgIpc) is 2.20. The summed E-state index contributed by atoms with van der Waals surface area (Å²) in [5, 5.41) is 3.65. The SMILES string of the molecule is CC1CN2C(=CC=C[C@H]2C)NC(C)(C)C1. The third-order valence-electron chi connectivity index (χ3n) is 3.28. The Morgan fingerprint density at radius 2 is 2.13 bits per heavy atom. The zero-order valence-electron chi connectivity index (χ0n) is 10.2. The minimum Gasteiger partial charge on any atom is -0.367 e. The fraction of sp³-hybridized carbons (Fsp3) is 0.692. The van der Waals surface area contributed by atoms with Crippen molar-refractivity contribution >= 4 is 0 Å². The zero-order chi connectivity index (χ0) is 11.1. The lowest BCUT2D eigenvalue weighted by molar-refractivity contribution is 0.265. The van der Waals surface area contributed by atoms with E-state index in [1.807, 2.05) is 0 Å². The number of hydrogen-bond donors (Lipinski definition) is 1. The molecule has 2 heterocycles. The molecule has 2 aliphatic heterocycles. The third kappa shape index (κ3) is 2.19. The van der Waals surface area contributed by atoms with Crippen molar-refractivity contribution in [2.24, 2.45) is 5.92 Å². The summed E-state index contributed by atoms with van der Waals surface area (Å²) >= 11 is 0. The van der Waals surface area contributed by atoms with Crippen LogP contribution in [0.1, 0.15) is 34.1 Å². The number of allylic oxidation sites excluding steroid dienone is 2. The molecule has 0 spiro atoms. The quantitative estimate of drug-likeness (QED) is 0.655.